The molecular weight excluding hydrogens is 221 g/mol. The average molecular weight is 231 g/mol. The first-order valence-corrected chi connectivity index (χ1v) is 5.96. The van der Waals surface area contributed by atoms with Gasteiger partial charge in [-0.2, -0.15) is 0 Å². The van der Waals surface area contributed by atoms with Crippen molar-refractivity contribution in [2.24, 2.45) is 0 Å². The van der Waals surface area contributed by atoms with Crippen LogP contribution in [0.5, 0.6) is 0 Å². The van der Waals surface area contributed by atoms with Gasteiger partial charge < -0.3 is 0 Å². The highest BCUT2D eigenvalue weighted by Gasteiger charge is 2.30. The summed E-state index contributed by atoms with van der Waals surface area (Å²) in [5.74, 6) is -0.756. The zero-order valence-electron chi connectivity index (χ0n) is 7.89. The summed E-state index contributed by atoms with van der Waals surface area (Å²) in [6.07, 6.45) is 0.633. The van der Waals surface area contributed by atoms with Crippen molar-refractivity contribution >= 4 is 10.0 Å². The molecule has 6 heteroatoms. The fourth-order valence-electron chi connectivity index (χ4n) is 1.38. The van der Waals surface area contributed by atoms with Crippen molar-refractivity contribution in [3.8, 4) is 0 Å². The van der Waals surface area contributed by atoms with Crippen LogP contribution in [0.4, 0.5) is 4.39 Å². The molecule has 0 radical (unpaired) electrons. The number of hydrogen-bond donors (Lipinski definition) is 0. The predicted octanol–water partition coefficient (Wildman–Crippen LogP) is 1.15. The topological polar surface area (TPSA) is 46.6 Å². The van der Waals surface area contributed by atoms with Crippen LogP contribution < -0.4 is 0 Å². The van der Waals surface area contributed by atoms with Gasteiger partial charge in [-0.05, 0) is 18.6 Å². The van der Waals surface area contributed by atoms with Crippen molar-refractivity contribution in [2.75, 3.05) is 13.2 Å². The summed E-state index contributed by atoms with van der Waals surface area (Å²) in [6, 6.07) is 5.26. The van der Waals surface area contributed by atoms with E-state index in [4.69, 9.17) is 4.84 Å². The Morgan fingerprint density at radius 2 is 2.07 bits per heavy atom. The number of halogens is 1. The molecule has 0 amide bonds. The van der Waals surface area contributed by atoms with E-state index in [1.165, 1.54) is 18.2 Å². The van der Waals surface area contributed by atoms with E-state index in [1.807, 2.05) is 0 Å². The number of sulfonamides is 1. The van der Waals surface area contributed by atoms with Gasteiger partial charge in [-0.3, -0.25) is 4.84 Å². The molecule has 0 saturated carbocycles. The summed E-state index contributed by atoms with van der Waals surface area (Å²) in [4.78, 5) is 4.57. The maximum absolute atomic E-state index is 13.3. The Hall–Kier alpha value is -0.980. The van der Waals surface area contributed by atoms with Gasteiger partial charge in [-0.15, -0.1) is 0 Å². The lowest BCUT2D eigenvalue weighted by atomic mass is 10.4. The van der Waals surface area contributed by atoms with E-state index in [2.05, 4.69) is 0 Å². The Labute approximate surface area is 87.3 Å². The molecule has 15 heavy (non-hydrogen) atoms. The van der Waals surface area contributed by atoms with Crippen LogP contribution >= 0.6 is 0 Å². The first-order valence-electron chi connectivity index (χ1n) is 4.52. The minimum absolute atomic E-state index is 0.274. The van der Waals surface area contributed by atoms with Gasteiger partial charge in [0.15, 0.2) is 0 Å². The molecule has 1 heterocycles. The fourth-order valence-corrected chi connectivity index (χ4v) is 2.74. The van der Waals surface area contributed by atoms with Crippen LogP contribution in [0.15, 0.2) is 29.2 Å². The van der Waals surface area contributed by atoms with Gasteiger partial charge in [0.1, 0.15) is 10.7 Å². The van der Waals surface area contributed by atoms with E-state index in [0.29, 0.717) is 13.0 Å². The average Bonchev–Trinajstić information content (AvgIpc) is 2.71. The van der Waals surface area contributed by atoms with E-state index in [9.17, 15) is 12.8 Å². The maximum atomic E-state index is 13.3. The number of nitrogens with zero attached hydrogens (tertiary/aromatic N) is 1. The summed E-state index contributed by atoms with van der Waals surface area (Å²) in [6.45, 7) is 0.629. The number of hydroxylamine groups is 1. The highest BCUT2D eigenvalue weighted by molar-refractivity contribution is 7.89. The van der Waals surface area contributed by atoms with Gasteiger partial charge >= 0.3 is 0 Å². The van der Waals surface area contributed by atoms with Crippen LogP contribution in [0.1, 0.15) is 6.42 Å². The Bertz CT molecular complexity index is 454. The maximum Gasteiger partial charge on any atom is 0.267 e. The second-order valence-corrected chi connectivity index (χ2v) is 4.95. The van der Waals surface area contributed by atoms with Crippen molar-refractivity contribution < 1.29 is 17.6 Å². The van der Waals surface area contributed by atoms with Gasteiger partial charge in [-0.25, -0.2) is 12.8 Å². The van der Waals surface area contributed by atoms with E-state index in [-0.39, 0.29) is 11.4 Å². The molecule has 0 unspecified atom stereocenters. The van der Waals surface area contributed by atoms with Crippen LogP contribution in [0.2, 0.25) is 0 Å². The Morgan fingerprint density at radius 3 is 2.67 bits per heavy atom. The van der Waals surface area contributed by atoms with Crippen LogP contribution in [-0.4, -0.2) is 26.0 Å². The highest BCUT2D eigenvalue weighted by atomic mass is 32.2. The Kier molecular flexibility index (Phi) is 2.72. The number of rotatable bonds is 2. The van der Waals surface area contributed by atoms with Crippen molar-refractivity contribution in [3.05, 3.63) is 30.1 Å². The third-order valence-corrected chi connectivity index (χ3v) is 3.81. The lowest BCUT2D eigenvalue weighted by Crippen LogP contribution is -2.27. The van der Waals surface area contributed by atoms with Gasteiger partial charge in [0.2, 0.25) is 0 Å². The number of benzene rings is 1. The zero-order valence-corrected chi connectivity index (χ0v) is 8.71. The summed E-state index contributed by atoms with van der Waals surface area (Å²) in [5.41, 5.74) is 0. The van der Waals surface area contributed by atoms with E-state index < -0.39 is 15.8 Å². The fraction of sp³-hybridized carbons (Fsp3) is 0.333. The zero-order chi connectivity index (χ0) is 10.9. The molecule has 1 aromatic carbocycles. The molecule has 0 bridgehead atoms. The summed E-state index contributed by atoms with van der Waals surface area (Å²) >= 11 is 0. The normalized spacial score (nSPS) is 18.2. The molecule has 0 N–H and O–H groups in total. The molecule has 4 nitrogen and oxygen atoms in total. The van der Waals surface area contributed by atoms with Crippen LogP contribution in [-0.2, 0) is 14.9 Å². The molecule has 1 aliphatic rings. The third kappa shape index (κ3) is 1.88. The standard InChI is InChI=1S/C9H10FNO3S/c10-8-4-1-2-5-9(8)15(12,13)11-6-3-7-14-11/h1-2,4-5H,3,6-7H2. The second-order valence-electron chi connectivity index (χ2n) is 3.15. The third-order valence-electron chi connectivity index (χ3n) is 2.10. The van der Waals surface area contributed by atoms with E-state index in [0.717, 1.165) is 10.5 Å². The summed E-state index contributed by atoms with van der Waals surface area (Å²) in [7, 11) is -3.83. The lowest BCUT2D eigenvalue weighted by molar-refractivity contribution is -0.0286. The van der Waals surface area contributed by atoms with Crippen molar-refractivity contribution in [1.82, 2.24) is 4.47 Å². The van der Waals surface area contributed by atoms with E-state index in [1.54, 1.807) is 0 Å². The monoisotopic (exact) mass is 231 g/mol. The van der Waals surface area contributed by atoms with Crippen molar-refractivity contribution in [2.45, 2.75) is 11.3 Å². The van der Waals surface area contributed by atoms with E-state index >= 15 is 0 Å². The molecule has 1 saturated heterocycles. The number of hydrogen-bond acceptors (Lipinski definition) is 3. The minimum Gasteiger partial charge on any atom is -0.284 e. The first-order chi connectivity index (χ1) is 7.12. The van der Waals surface area contributed by atoms with Crippen LogP contribution in [0, 0.1) is 5.82 Å². The Balaban J connectivity index is 2.41. The smallest absolute Gasteiger partial charge is 0.267 e. The molecule has 0 atom stereocenters. The summed E-state index contributed by atoms with van der Waals surface area (Å²) < 4.78 is 37.7. The Morgan fingerprint density at radius 1 is 1.33 bits per heavy atom. The molecule has 82 valence electrons. The molecule has 0 spiro atoms. The second kappa shape index (κ2) is 3.88. The first kappa shape index (κ1) is 10.5. The molecule has 1 aliphatic heterocycles. The van der Waals surface area contributed by atoms with Crippen LogP contribution in [0.25, 0.3) is 0 Å². The molecule has 0 aliphatic carbocycles. The predicted molar refractivity (Wildman–Crippen MR) is 50.9 cm³/mol. The van der Waals surface area contributed by atoms with Gasteiger partial charge in [0, 0.05) is 6.54 Å². The van der Waals surface area contributed by atoms with Gasteiger partial charge in [0.25, 0.3) is 10.0 Å². The van der Waals surface area contributed by atoms with Crippen molar-refractivity contribution in [1.29, 1.82) is 0 Å². The van der Waals surface area contributed by atoms with Crippen LogP contribution in [0.3, 0.4) is 0 Å². The summed E-state index contributed by atoms with van der Waals surface area (Å²) in [5, 5.41) is 0. The quantitative estimate of drug-likeness (QED) is 0.767. The largest absolute Gasteiger partial charge is 0.284 e. The van der Waals surface area contributed by atoms with Gasteiger partial charge in [-0.1, -0.05) is 16.6 Å². The lowest BCUT2D eigenvalue weighted by Gasteiger charge is -2.14. The molecule has 1 aromatic rings. The molecular formula is C9H10FNO3S. The van der Waals surface area contributed by atoms with Gasteiger partial charge in [0.05, 0.1) is 6.61 Å². The molecule has 1 fully saturated rings. The molecule has 0 aromatic heterocycles. The minimum atomic E-state index is -3.83. The van der Waals surface area contributed by atoms with Crippen molar-refractivity contribution in [3.63, 3.8) is 0 Å². The highest BCUT2D eigenvalue weighted by Crippen LogP contribution is 2.21. The molecule has 2 rings (SSSR count). The SMILES string of the molecule is O=S(=O)(c1ccccc1F)N1CCCO1.